The number of hydrogen-bond acceptors (Lipinski definition) is 3. The highest BCUT2D eigenvalue weighted by molar-refractivity contribution is 6.70. The fourth-order valence-electron chi connectivity index (χ4n) is 3.58. The summed E-state index contributed by atoms with van der Waals surface area (Å²) in [6.07, 6.45) is 4.19. The van der Waals surface area contributed by atoms with Crippen molar-refractivity contribution in [3.8, 4) is 5.75 Å². The summed E-state index contributed by atoms with van der Waals surface area (Å²) in [5.74, 6) is 1.89. The van der Waals surface area contributed by atoms with Gasteiger partial charge in [0, 0.05) is 32.2 Å². The van der Waals surface area contributed by atoms with Crippen molar-refractivity contribution in [2.24, 2.45) is 5.92 Å². The monoisotopic (exact) mass is 390 g/mol. The van der Waals surface area contributed by atoms with Gasteiger partial charge in [-0.1, -0.05) is 18.6 Å². The second-order valence-electron chi connectivity index (χ2n) is 7.71. The third-order valence-electron chi connectivity index (χ3n) is 4.79. The van der Waals surface area contributed by atoms with Gasteiger partial charge in [0.1, 0.15) is 5.75 Å². The van der Waals surface area contributed by atoms with E-state index in [2.05, 4.69) is 54.1 Å². The maximum absolute atomic E-state index is 6.10. The Bertz CT molecular complexity index is 483. The van der Waals surface area contributed by atoms with Gasteiger partial charge in [0.2, 0.25) is 8.32 Å². The highest BCUT2D eigenvalue weighted by Gasteiger charge is 2.33. The van der Waals surface area contributed by atoms with Crippen LogP contribution in [0, 0.1) is 5.92 Å². The van der Waals surface area contributed by atoms with Crippen molar-refractivity contribution in [3.05, 3.63) is 29.8 Å². The van der Waals surface area contributed by atoms with Crippen LogP contribution in [0.4, 0.5) is 0 Å². The van der Waals surface area contributed by atoms with Crippen LogP contribution in [0.1, 0.15) is 30.9 Å². The van der Waals surface area contributed by atoms with Gasteiger partial charge >= 0.3 is 0 Å². The predicted molar refractivity (Wildman–Crippen MR) is 109 cm³/mol. The van der Waals surface area contributed by atoms with Gasteiger partial charge in [0.15, 0.2) is 0 Å². The number of piperazine rings is 1. The summed E-state index contributed by atoms with van der Waals surface area (Å²) in [5, 5.41) is 3.47. The standard InChI is InChI=1S/C18H30N2OSi.2ClH/c1-22(2,3)21-17-9-7-16(8-10-17)18(15-5-4-6-15)20-13-11-19-12-14-20;;/h7-10,15,18-19H,4-6,11-14H2,1-3H3;2*1H/t18-;;/m0../s1. The lowest BCUT2D eigenvalue weighted by atomic mass is 9.76. The van der Waals surface area contributed by atoms with Crippen LogP contribution in [0.5, 0.6) is 5.75 Å². The summed E-state index contributed by atoms with van der Waals surface area (Å²) in [6.45, 7) is 11.3. The van der Waals surface area contributed by atoms with E-state index in [-0.39, 0.29) is 24.8 Å². The van der Waals surface area contributed by atoms with E-state index >= 15 is 0 Å². The topological polar surface area (TPSA) is 24.5 Å². The van der Waals surface area contributed by atoms with Gasteiger partial charge in [-0.2, -0.15) is 0 Å². The Morgan fingerprint density at radius 1 is 1.04 bits per heavy atom. The molecular formula is C18H32Cl2N2OSi. The third-order valence-corrected chi connectivity index (χ3v) is 5.64. The molecule has 2 fully saturated rings. The average molecular weight is 391 g/mol. The molecule has 3 rings (SSSR count). The van der Waals surface area contributed by atoms with E-state index in [1.807, 2.05) is 0 Å². The van der Waals surface area contributed by atoms with E-state index in [9.17, 15) is 0 Å². The maximum atomic E-state index is 6.10. The van der Waals surface area contributed by atoms with Crippen LogP contribution in [0.2, 0.25) is 19.6 Å². The Labute approximate surface area is 160 Å². The largest absolute Gasteiger partial charge is 0.544 e. The zero-order valence-electron chi connectivity index (χ0n) is 15.1. The van der Waals surface area contributed by atoms with E-state index in [1.165, 1.54) is 37.9 Å². The summed E-state index contributed by atoms with van der Waals surface area (Å²) in [6, 6.07) is 9.58. The lowest BCUT2D eigenvalue weighted by Gasteiger charge is -2.43. The molecule has 1 saturated carbocycles. The molecule has 2 aliphatic rings. The van der Waals surface area contributed by atoms with Crippen molar-refractivity contribution in [1.82, 2.24) is 10.2 Å². The first-order chi connectivity index (χ1) is 10.5. The minimum atomic E-state index is -1.51. The molecule has 0 bridgehead atoms. The highest BCUT2D eigenvalue weighted by Crippen LogP contribution is 2.41. The first-order valence-electron chi connectivity index (χ1n) is 8.77. The quantitative estimate of drug-likeness (QED) is 0.749. The molecule has 1 aromatic carbocycles. The fourth-order valence-corrected chi connectivity index (χ4v) is 4.43. The first kappa shape index (κ1) is 21.8. The van der Waals surface area contributed by atoms with Crippen LogP contribution < -0.4 is 9.74 Å². The van der Waals surface area contributed by atoms with E-state index < -0.39 is 8.32 Å². The summed E-state index contributed by atoms with van der Waals surface area (Å²) >= 11 is 0. The van der Waals surface area contributed by atoms with Gasteiger partial charge in [0.05, 0.1) is 0 Å². The van der Waals surface area contributed by atoms with Gasteiger partial charge in [-0.3, -0.25) is 4.90 Å². The molecule has 1 aliphatic carbocycles. The van der Waals surface area contributed by atoms with Crippen LogP contribution in [-0.2, 0) is 0 Å². The van der Waals surface area contributed by atoms with E-state index in [0.29, 0.717) is 6.04 Å². The zero-order valence-corrected chi connectivity index (χ0v) is 17.7. The first-order valence-corrected chi connectivity index (χ1v) is 12.2. The van der Waals surface area contributed by atoms with Gasteiger partial charge in [0.25, 0.3) is 0 Å². The molecule has 0 radical (unpaired) electrons. The van der Waals surface area contributed by atoms with Crippen LogP contribution in [0.3, 0.4) is 0 Å². The van der Waals surface area contributed by atoms with E-state index in [0.717, 1.165) is 24.8 Å². The molecule has 1 N–H and O–H groups in total. The second-order valence-corrected chi connectivity index (χ2v) is 12.1. The van der Waals surface area contributed by atoms with Crippen molar-refractivity contribution in [1.29, 1.82) is 0 Å². The minimum absolute atomic E-state index is 0. The molecule has 0 amide bonds. The van der Waals surface area contributed by atoms with Crippen LogP contribution >= 0.6 is 24.8 Å². The van der Waals surface area contributed by atoms with Crippen molar-refractivity contribution in [2.45, 2.75) is 44.9 Å². The van der Waals surface area contributed by atoms with Gasteiger partial charge < -0.3 is 9.74 Å². The van der Waals surface area contributed by atoms with E-state index in [4.69, 9.17) is 4.43 Å². The Kier molecular flexibility index (Phi) is 8.57. The van der Waals surface area contributed by atoms with Crippen molar-refractivity contribution in [3.63, 3.8) is 0 Å². The predicted octanol–water partition coefficient (Wildman–Crippen LogP) is 4.49. The Hall–Kier alpha value is -0.263. The molecule has 3 nitrogen and oxygen atoms in total. The number of rotatable bonds is 5. The van der Waals surface area contributed by atoms with Gasteiger partial charge in [-0.05, 0) is 56.1 Å². The lowest BCUT2D eigenvalue weighted by Crippen LogP contribution is -2.47. The average Bonchev–Trinajstić information content (AvgIpc) is 2.43. The molecular weight excluding hydrogens is 359 g/mol. The SMILES string of the molecule is C[Si](C)(C)Oc1ccc([C@H](C2CCC2)N2CCNCC2)cc1.Cl.Cl. The molecule has 1 aromatic rings. The number of halogens is 2. The Balaban J connectivity index is 0.00000144. The van der Waals surface area contributed by atoms with Gasteiger partial charge in [-0.15, -0.1) is 24.8 Å². The maximum Gasteiger partial charge on any atom is 0.242 e. The van der Waals surface area contributed by atoms with Crippen LogP contribution in [0.25, 0.3) is 0 Å². The van der Waals surface area contributed by atoms with Crippen LogP contribution in [-0.4, -0.2) is 39.4 Å². The number of benzene rings is 1. The molecule has 1 aliphatic heterocycles. The molecule has 0 spiro atoms. The molecule has 0 unspecified atom stereocenters. The van der Waals surface area contributed by atoms with E-state index in [1.54, 1.807) is 0 Å². The lowest BCUT2D eigenvalue weighted by molar-refractivity contribution is 0.0837. The highest BCUT2D eigenvalue weighted by atomic mass is 35.5. The Morgan fingerprint density at radius 2 is 1.62 bits per heavy atom. The molecule has 1 atom stereocenters. The molecule has 0 aromatic heterocycles. The molecule has 24 heavy (non-hydrogen) atoms. The summed E-state index contributed by atoms with van der Waals surface area (Å²) in [4.78, 5) is 2.69. The number of nitrogens with one attached hydrogen (secondary N) is 1. The number of hydrogen-bond donors (Lipinski definition) is 1. The summed E-state index contributed by atoms with van der Waals surface area (Å²) < 4.78 is 6.10. The summed E-state index contributed by atoms with van der Waals surface area (Å²) in [5.41, 5.74) is 1.48. The smallest absolute Gasteiger partial charge is 0.242 e. The van der Waals surface area contributed by atoms with Crippen molar-refractivity contribution in [2.75, 3.05) is 26.2 Å². The van der Waals surface area contributed by atoms with Crippen molar-refractivity contribution < 1.29 is 4.43 Å². The molecule has 138 valence electrons. The summed E-state index contributed by atoms with van der Waals surface area (Å²) in [7, 11) is -1.51. The van der Waals surface area contributed by atoms with Gasteiger partial charge in [-0.25, -0.2) is 0 Å². The molecule has 1 heterocycles. The molecule has 6 heteroatoms. The second kappa shape index (κ2) is 9.44. The third kappa shape index (κ3) is 5.63. The molecule has 1 saturated heterocycles. The minimum Gasteiger partial charge on any atom is -0.544 e. The Morgan fingerprint density at radius 3 is 2.08 bits per heavy atom. The number of nitrogens with zero attached hydrogens (tertiary/aromatic N) is 1. The van der Waals surface area contributed by atoms with Crippen LogP contribution in [0.15, 0.2) is 24.3 Å². The normalized spacial score (nSPS) is 20.3. The zero-order chi connectivity index (χ0) is 15.6. The van der Waals surface area contributed by atoms with Crippen molar-refractivity contribution >= 4 is 33.1 Å². The fraction of sp³-hybridized carbons (Fsp3) is 0.667.